The highest BCUT2D eigenvalue weighted by Crippen LogP contribution is 2.30. The van der Waals surface area contributed by atoms with E-state index in [1.165, 1.54) is 7.11 Å². The fraction of sp³-hybridized carbons (Fsp3) is 0.364. The number of hydrogen-bond acceptors (Lipinski definition) is 2. The van der Waals surface area contributed by atoms with E-state index in [0.29, 0.717) is 5.56 Å². The Labute approximate surface area is 91.7 Å². The minimum absolute atomic E-state index is 0.160. The molecule has 1 N–H and O–H groups in total. The number of benzene rings is 1. The van der Waals surface area contributed by atoms with Crippen LogP contribution in [0.25, 0.3) is 0 Å². The summed E-state index contributed by atoms with van der Waals surface area (Å²) in [6.07, 6.45) is -0.165. The van der Waals surface area contributed by atoms with E-state index >= 15 is 0 Å². The monoisotopic (exact) mass is 230 g/mol. The first-order valence-electron chi connectivity index (χ1n) is 4.70. The van der Waals surface area contributed by atoms with Crippen LogP contribution in [-0.4, -0.2) is 18.2 Å². The second-order valence-electron chi connectivity index (χ2n) is 3.51. The van der Waals surface area contributed by atoms with Crippen molar-refractivity contribution in [2.75, 3.05) is 7.11 Å². The number of rotatable bonds is 4. The number of methoxy groups -OCH3 is 1. The molecule has 5 heteroatoms. The molecule has 0 aliphatic carbocycles. The van der Waals surface area contributed by atoms with E-state index in [4.69, 9.17) is 9.84 Å². The predicted molar refractivity (Wildman–Crippen MR) is 53.6 cm³/mol. The van der Waals surface area contributed by atoms with Gasteiger partial charge in [-0.05, 0) is 12.0 Å². The lowest BCUT2D eigenvalue weighted by Gasteiger charge is -2.14. The van der Waals surface area contributed by atoms with Crippen molar-refractivity contribution in [2.45, 2.75) is 19.3 Å². The summed E-state index contributed by atoms with van der Waals surface area (Å²) in [6, 6.07) is 1.89. The van der Waals surface area contributed by atoms with E-state index in [1.54, 1.807) is 6.92 Å². The summed E-state index contributed by atoms with van der Waals surface area (Å²) >= 11 is 0. The van der Waals surface area contributed by atoms with Gasteiger partial charge in [0.25, 0.3) is 0 Å². The highest BCUT2D eigenvalue weighted by molar-refractivity contribution is 5.68. The van der Waals surface area contributed by atoms with Gasteiger partial charge in [-0.2, -0.15) is 0 Å². The van der Waals surface area contributed by atoms with Crippen molar-refractivity contribution in [1.82, 2.24) is 0 Å². The van der Waals surface area contributed by atoms with Gasteiger partial charge in [0.2, 0.25) is 0 Å². The molecule has 0 aliphatic rings. The van der Waals surface area contributed by atoms with Crippen LogP contribution in [0.15, 0.2) is 12.1 Å². The van der Waals surface area contributed by atoms with Gasteiger partial charge in [-0.1, -0.05) is 6.92 Å². The minimum atomic E-state index is -1.01. The van der Waals surface area contributed by atoms with Gasteiger partial charge in [-0.25, -0.2) is 8.78 Å². The maximum absolute atomic E-state index is 13.0. The van der Waals surface area contributed by atoms with Crippen molar-refractivity contribution >= 4 is 5.97 Å². The molecule has 0 saturated carbocycles. The van der Waals surface area contributed by atoms with Crippen molar-refractivity contribution in [3.05, 3.63) is 29.3 Å². The Balaban J connectivity index is 3.10. The van der Waals surface area contributed by atoms with Crippen LogP contribution in [-0.2, 0) is 4.79 Å². The number of halogens is 2. The van der Waals surface area contributed by atoms with Gasteiger partial charge in [0.1, 0.15) is 5.75 Å². The van der Waals surface area contributed by atoms with Crippen LogP contribution >= 0.6 is 0 Å². The van der Waals surface area contributed by atoms with E-state index in [-0.39, 0.29) is 12.2 Å². The molecule has 3 nitrogen and oxygen atoms in total. The second-order valence-corrected chi connectivity index (χ2v) is 3.51. The van der Waals surface area contributed by atoms with Gasteiger partial charge in [0, 0.05) is 11.6 Å². The second kappa shape index (κ2) is 4.92. The summed E-state index contributed by atoms with van der Waals surface area (Å²) in [5.41, 5.74) is 0.351. The number of hydrogen-bond donors (Lipinski definition) is 1. The molecule has 0 spiro atoms. The summed E-state index contributed by atoms with van der Waals surface area (Å²) in [5, 5.41) is 8.62. The van der Waals surface area contributed by atoms with Crippen LogP contribution in [0, 0.1) is 11.6 Å². The fourth-order valence-electron chi connectivity index (χ4n) is 1.48. The van der Waals surface area contributed by atoms with Crippen molar-refractivity contribution < 1.29 is 23.4 Å². The zero-order valence-corrected chi connectivity index (χ0v) is 8.96. The van der Waals surface area contributed by atoms with Crippen LogP contribution in [0.2, 0.25) is 0 Å². The third-order valence-electron chi connectivity index (χ3n) is 2.28. The van der Waals surface area contributed by atoms with E-state index in [1.807, 2.05) is 0 Å². The topological polar surface area (TPSA) is 46.5 Å². The quantitative estimate of drug-likeness (QED) is 0.864. The highest BCUT2D eigenvalue weighted by Gasteiger charge is 2.18. The molecular weight excluding hydrogens is 218 g/mol. The lowest BCUT2D eigenvalue weighted by atomic mass is 9.96. The molecule has 0 aliphatic heterocycles. The molecule has 1 rings (SSSR count). The summed E-state index contributed by atoms with van der Waals surface area (Å²) < 4.78 is 30.8. The zero-order valence-electron chi connectivity index (χ0n) is 8.96. The van der Waals surface area contributed by atoms with Crippen LogP contribution in [0.4, 0.5) is 8.78 Å². The van der Waals surface area contributed by atoms with Crippen LogP contribution < -0.4 is 4.74 Å². The number of carboxylic acid groups (broad SMARTS) is 1. The van der Waals surface area contributed by atoms with Gasteiger partial charge in [0.15, 0.2) is 11.6 Å². The van der Waals surface area contributed by atoms with Gasteiger partial charge >= 0.3 is 5.97 Å². The van der Waals surface area contributed by atoms with Gasteiger partial charge in [-0.15, -0.1) is 0 Å². The average Bonchev–Trinajstić information content (AvgIpc) is 2.20. The standard InChI is InChI=1S/C11H12F2O3/c1-6(3-11(14)15)7-4-8(12)9(13)5-10(7)16-2/h4-6H,3H2,1-2H3,(H,14,15). The third-order valence-corrected chi connectivity index (χ3v) is 2.28. The molecule has 1 unspecified atom stereocenters. The molecule has 0 heterocycles. The summed E-state index contributed by atoms with van der Waals surface area (Å²) in [5.74, 6) is -3.30. The van der Waals surface area contributed by atoms with Crippen LogP contribution in [0.5, 0.6) is 5.75 Å². The normalized spacial score (nSPS) is 12.2. The van der Waals surface area contributed by atoms with Crippen molar-refractivity contribution in [3.8, 4) is 5.75 Å². The Kier molecular flexibility index (Phi) is 3.82. The van der Waals surface area contributed by atoms with E-state index in [2.05, 4.69) is 0 Å². The van der Waals surface area contributed by atoms with E-state index < -0.39 is 23.5 Å². The Bertz CT molecular complexity index is 404. The third kappa shape index (κ3) is 2.68. The molecule has 16 heavy (non-hydrogen) atoms. The average molecular weight is 230 g/mol. The lowest BCUT2D eigenvalue weighted by molar-refractivity contribution is -0.137. The molecule has 0 bridgehead atoms. The largest absolute Gasteiger partial charge is 0.496 e. The smallest absolute Gasteiger partial charge is 0.303 e. The molecule has 1 aromatic carbocycles. The summed E-state index contributed by atoms with van der Waals surface area (Å²) in [7, 11) is 1.32. The minimum Gasteiger partial charge on any atom is -0.496 e. The fourth-order valence-corrected chi connectivity index (χ4v) is 1.48. The molecule has 0 radical (unpaired) electrons. The molecule has 88 valence electrons. The highest BCUT2D eigenvalue weighted by atomic mass is 19.2. The molecular formula is C11H12F2O3. The number of carbonyl (C=O) groups is 1. The van der Waals surface area contributed by atoms with Gasteiger partial charge in [-0.3, -0.25) is 4.79 Å². The number of ether oxygens (including phenoxy) is 1. The summed E-state index contributed by atoms with van der Waals surface area (Å²) in [4.78, 5) is 10.5. The van der Waals surface area contributed by atoms with Gasteiger partial charge in [0.05, 0.1) is 13.5 Å². The molecule has 0 saturated heterocycles. The zero-order chi connectivity index (χ0) is 12.3. The molecule has 0 amide bonds. The Hall–Kier alpha value is -1.65. The van der Waals surface area contributed by atoms with Crippen LogP contribution in [0.3, 0.4) is 0 Å². The van der Waals surface area contributed by atoms with Gasteiger partial charge < -0.3 is 9.84 Å². The van der Waals surface area contributed by atoms with Crippen molar-refractivity contribution in [2.24, 2.45) is 0 Å². The van der Waals surface area contributed by atoms with Crippen LogP contribution in [0.1, 0.15) is 24.8 Å². The Morgan fingerprint density at radius 3 is 2.50 bits per heavy atom. The molecule has 1 aromatic rings. The number of aliphatic carboxylic acids is 1. The maximum atomic E-state index is 13.0. The first kappa shape index (κ1) is 12.4. The SMILES string of the molecule is COc1cc(F)c(F)cc1C(C)CC(=O)O. The first-order chi connectivity index (χ1) is 7.45. The number of carboxylic acids is 1. The maximum Gasteiger partial charge on any atom is 0.303 e. The first-order valence-corrected chi connectivity index (χ1v) is 4.70. The molecule has 0 fully saturated rings. The summed E-state index contributed by atoms with van der Waals surface area (Å²) in [6.45, 7) is 1.61. The predicted octanol–water partition coefficient (Wildman–Crippen LogP) is 2.55. The molecule has 0 aromatic heterocycles. The van der Waals surface area contributed by atoms with Crippen molar-refractivity contribution in [3.63, 3.8) is 0 Å². The van der Waals surface area contributed by atoms with E-state index in [9.17, 15) is 13.6 Å². The lowest BCUT2D eigenvalue weighted by Crippen LogP contribution is -2.05. The van der Waals surface area contributed by atoms with E-state index in [0.717, 1.165) is 12.1 Å². The van der Waals surface area contributed by atoms with Crippen molar-refractivity contribution in [1.29, 1.82) is 0 Å². The Morgan fingerprint density at radius 2 is 2.00 bits per heavy atom. The molecule has 1 atom stereocenters. The Morgan fingerprint density at radius 1 is 1.44 bits per heavy atom.